The van der Waals surface area contributed by atoms with Gasteiger partial charge in [-0.1, -0.05) is 172 Å². The third-order valence-electron chi connectivity index (χ3n) is 11.4. The molecule has 57 heavy (non-hydrogen) atoms. The average molecular weight is 734 g/mol. The van der Waals surface area contributed by atoms with E-state index in [9.17, 15) is 0 Å². The van der Waals surface area contributed by atoms with Gasteiger partial charge < -0.3 is 9.47 Å². The molecule has 9 aromatic rings. The van der Waals surface area contributed by atoms with Crippen LogP contribution in [0.3, 0.4) is 0 Å². The molecular formula is C52H35N3O2. The lowest BCUT2D eigenvalue weighted by Gasteiger charge is -2.26. The van der Waals surface area contributed by atoms with Gasteiger partial charge in [-0.3, -0.25) is 0 Å². The van der Waals surface area contributed by atoms with Gasteiger partial charge in [0.1, 0.15) is 0 Å². The Bertz CT molecular complexity index is 3030. The van der Waals surface area contributed by atoms with Crippen molar-refractivity contribution in [3.63, 3.8) is 0 Å². The van der Waals surface area contributed by atoms with Gasteiger partial charge in [0.15, 0.2) is 40.5 Å². The van der Waals surface area contributed by atoms with E-state index in [4.69, 9.17) is 24.4 Å². The van der Waals surface area contributed by atoms with Crippen LogP contribution in [0.1, 0.15) is 25.0 Å². The van der Waals surface area contributed by atoms with E-state index in [0.717, 1.165) is 49.9 Å². The zero-order valence-corrected chi connectivity index (χ0v) is 31.4. The number of hydrogen-bond donors (Lipinski definition) is 0. The third-order valence-corrected chi connectivity index (χ3v) is 11.4. The quantitative estimate of drug-likeness (QED) is 0.176. The van der Waals surface area contributed by atoms with Crippen LogP contribution in [-0.2, 0) is 5.41 Å². The first-order valence-electron chi connectivity index (χ1n) is 19.3. The molecule has 11 rings (SSSR count). The molecule has 0 bridgehead atoms. The molecule has 270 valence electrons. The number of rotatable bonds is 5. The third kappa shape index (κ3) is 5.35. The molecule has 5 heteroatoms. The molecule has 8 aromatic carbocycles. The van der Waals surface area contributed by atoms with Crippen molar-refractivity contribution in [1.29, 1.82) is 0 Å². The summed E-state index contributed by atoms with van der Waals surface area (Å²) in [4.78, 5) is 15.2. The number of fused-ring (bicyclic) bond motifs is 7. The van der Waals surface area contributed by atoms with Crippen LogP contribution in [0, 0.1) is 0 Å². The van der Waals surface area contributed by atoms with E-state index in [2.05, 4.69) is 135 Å². The van der Waals surface area contributed by atoms with Crippen molar-refractivity contribution in [2.24, 2.45) is 0 Å². The Morgan fingerprint density at radius 1 is 0.351 bits per heavy atom. The summed E-state index contributed by atoms with van der Waals surface area (Å²) in [5, 5.41) is 2.23. The minimum Gasteiger partial charge on any atom is -0.449 e. The Kier molecular flexibility index (Phi) is 7.45. The molecule has 2 heterocycles. The van der Waals surface area contributed by atoms with E-state index in [-0.39, 0.29) is 5.41 Å². The van der Waals surface area contributed by atoms with Crippen molar-refractivity contribution in [1.82, 2.24) is 15.0 Å². The highest BCUT2D eigenvalue weighted by molar-refractivity contribution is 6.04. The summed E-state index contributed by atoms with van der Waals surface area (Å²) in [6.45, 7) is 4.55. The molecule has 0 spiro atoms. The number of aromatic nitrogens is 3. The summed E-state index contributed by atoms with van der Waals surface area (Å²) >= 11 is 0. The molecule has 1 aliphatic carbocycles. The summed E-state index contributed by atoms with van der Waals surface area (Å²) in [6, 6.07) is 60.6. The largest absolute Gasteiger partial charge is 0.449 e. The maximum atomic E-state index is 6.75. The number of nitrogens with zero attached hydrogens (tertiary/aromatic N) is 3. The molecule has 0 saturated heterocycles. The van der Waals surface area contributed by atoms with Crippen LogP contribution in [0.2, 0.25) is 0 Å². The molecule has 0 saturated carbocycles. The fourth-order valence-electron chi connectivity index (χ4n) is 8.58. The lowest BCUT2D eigenvalue weighted by molar-refractivity contribution is 0.361. The Labute approximate surface area is 330 Å². The normalized spacial score (nSPS) is 13.2. The Morgan fingerprint density at radius 3 is 1.63 bits per heavy atom. The van der Waals surface area contributed by atoms with E-state index in [1.54, 1.807) is 0 Å². The second-order valence-corrected chi connectivity index (χ2v) is 15.1. The molecule has 0 unspecified atom stereocenters. The SMILES string of the molecule is CC1(C)c2ccccc2-c2c1ccc1c2Oc2cccc(-c3ccc(-c4nc(-c5ccccc5)nc(-c5ccc(-c6ccccc6)c6ccccc56)n4)cc3)c2O1. The molecule has 2 aliphatic rings. The molecular weight excluding hydrogens is 699 g/mol. The van der Waals surface area contributed by atoms with E-state index in [1.807, 2.05) is 54.6 Å². The van der Waals surface area contributed by atoms with Crippen LogP contribution in [0.15, 0.2) is 176 Å². The van der Waals surface area contributed by atoms with Crippen molar-refractivity contribution >= 4 is 10.8 Å². The Hall–Kier alpha value is -7.37. The van der Waals surface area contributed by atoms with Crippen molar-refractivity contribution in [3.05, 3.63) is 187 Å². The van der Waals surface area contributed by atoms with Crippen LogP contribution < -0.4 is 9.47 Å². The standard InChI is InChI=1S/C52H35N3O2/c1-52(2)42-22-12-11-20-41(42)46-43(52)30-31-45-48(46)57-44-23-13-21-37(47(44)56-45)33-24-26-35(27-25-33)50-53-49(34-16-7-4-8-17-34)54-51(55-50)40-29-28-36(32-14-5-3-6-15-32)38-18-9-10-19-39(38)40/h3-31H,1-2H3. The Balaban J connectivity index is 0.979. The monoisotopic (exact) mass is 733 g/mol. The van der Waals surface area contributed by atoms with E-state index in [1.165, 1.54) is 27.8 Å². The molecule has 0 fully saturated rings. The van der Waals surface area contributed by atoms with Gasteiger partial charge in [-0.25, -0.2) is 15.0 Å². The van der Waals surface area contributed by atoms with Gasteiger partial charge in [0.25, 0.3) is 0 Å². The summed E-state index contributed by atoms with van der Waals surface area (Å²) < 4.78 is 13.5. The second kappa shape index (κ2) is 12.9. The number of para-hydroxylation sites is 1. The maximum Gasteiger partial charge on any atom is 0.178 e. The van der Waals surface area contributed by atoms with Gasteiger partial charge in [0, 0.05) is 33.2 Å². The topological polar surface area (TPSA) is 57.1 Å². The van der Waals surface area contributed by atoms with E-state index >= 15 is 0 Å². The van der Waals surface area contributed by atoms with E-state index in [0.29, 0.717) is 34.7 Å². The zero-order valence-electron chi connectivity index (χ0n) is 31.4. The number of ether oxygens (including phenoxy) is 2. The predicted octanol–water partition coefficient (Wildman–Crippen LogP) is 13.6. The highest BCUT2D eigenvalue weighted by Gasteiger charge is 2.39. The van der Waals surface area contributed by atoms with Crippen LogP contribution >= 0.6 is 0 Å². The first-order valence-corrected chi connectivity index (χ1v) is 19.3. The van der Waals surface area contributed by atoms with Crippen LogP contribution in [-0.4, -0.2) is 15.0 Å². The lowest BCUT2D eigenvalue weighted by Crippen LogP contribution is -2.15. The first kappa shape index (κ1) is 33.0. The molecule has 0 amide bonds. The minimum atomic E-state index is -0.129. The molecule has 0 radical (unpaired) electrons. The van der Waals surface area contributed by atoms with Gasteiger partial charge in [0.05, 0.1) is 0 Å². The average Bonchev–Trinajstić information content (AvgIpc) is 3.51. The van der Waals surface area contributed by atoms with Gasteiger partial charge in [-0.2, -0.15) is 0 Å². The molecule has 0 N–H and O–H groups in total. The van der Waals surface area contributed by atoms with Crippen molar-refractivity contribution < 1.29 is 9.47 Å². The highest BCUT2D eigenvalue weighted by Crippen LogP contribution is 2.59. The molecule has 1 aliphatic heterocycles. The van der Waals surface area contributed by atoms with Gasteiger partial charge >= 0.3 is 0 Å². The van der Waals surface area contributed by atoms with Crippen LogP contribution in [0.5, 0.6) is 23.0 Å². The lowest BCUT2D eigenvalue weighted by atomic mass is 9.82. The smallest absolute Gasteiger partial charge is 0.178 e. The summed E-state index contributed by atoms with van der Waals surface area (Å²) in [7, 11) is 0. The van der Waals surface area contributed by atoms with E-state index < -0.39 is 0 Å². The van der Waals surface area contributed by atoms with Crippen molar-refractivity contribution in [2.75, 3.05) is 0 Å². The number of benzene rings is 8. The molecule has 1 aromatic heterocycles. The highest BCUT2D eigenvalue weighted by atomic mass is 16.6. The van der Waals surface area contributed by atoms with Gasteiger partial charge in [0.2, 0.25) is 0 Å². The van der Waals surface area contributed by atoms with Gasteiger partial charge in [-0.05, 0) is 62.4 Å². The molecule has 0 atom stereocenters. The fraction of sp³-hybridized carbons (Fsp3) is 0.0577. The van der Waals surface area contributed by atoms with Gasteiger partial charge in [-0.15, -0.1) is 0 Å². The second-order valence-electron chi connectivity index (χ2n) is 15.1. The maximum absolute atomic E-state index is 6.75. The predicted molar refractivity (Wildman–Crippen MR) is 229 cm³/mol. The van der Waals surface area contributed by atoms with Crippen LogP contribution in [0.25, 0.3) is 78.3 Å². The fourth-order valence-corrected chi connectivity index (χ4v) is 8.58. The number of hydrogen-bond acceptors (Lipinski definition) is 5. The molecule has 5 nitrogen and oxygen atoms in total. The van der Waals surface area contributed by atoms with Crippen LogP contribution in [0.4, 0.5) is 0 Å². The van der Waals surface area contributed by atoms with Crippen molar-refractivity contribution in [3.8, 4) is 90.5 Å². The summed E-state index contributed by atoms with van der Waals surface area (Å²) in [6.07, 6.45) is 0. The first-order chi connectivity index (χ1) is 28.0. The summed E-state index contributed by atoms with van der Waals surface area (Å²) in [5.74, 6) is 4.72. The Morgan fingerprint density at radius 2 is 0.877 bits per heavy atom. The summed E-state index contributed by atoms with van der Waals surface area (Å²) in [5.41, 5.74) is 11.8. The zero-order chi connectivity index (χ0) is 38.1. The van der Waals surface area contributed by atoms with Crippen molar-refractivity contribution in [2.45, 2.75) is 19.3 Å². The minimum absolute atomic E-state index is 0.129.